The second kappa shape index (κ2) is 9.65. The number of thioether (sulfide) groups is 1. The second-order valence-corrected chi connectivity index (χ2v) is 7.98. The van der Waals surface area contributed by atoms with Gasteiger partial charge in [-0.25, -0.2) is 8.78 Å². The summed E-state index contributed by atoms with van der Waals surface area (Å²) in [6.45, 7) is 4.74. The van der Waals surface area contributed by atoms with Crippen molar-refractivity contribution in [2.75, 3.05) is 11.1 Å². The number of rotatable bonds is 8. The number of carbonyl (C=O) groups is 1. The smallest absolute Gasteiger partial charge is 0.225 e. The largest absolute Gasteiger partial charge is 0.324 e. The third-order valence-corrected chi connectivity index (χ3v) is 5.06. The van der Waals surface area contributed by atoms with Crippen molar-refractivity contribution in [3.05, 3.63) is 60.2 Å². The molecule has 1 aromatic heterocycles. The maximum atomic E-state index is 14.2. The highest BCUT2D eigenvalue weighted by atomic mass is 32.2. The molecule has 1 amide bonds. The van der Waals surface area contributed by atoms with Gasteiger partial charge >= 0.3 is 0 Å². The number of amides is 1. The first-order valence-corrected chi connectivity index (χ1v) is 10.3. The highest BCUT2D eigenvalue weighted by molar-refractivity contribution is 7.99. The number of carbonyl (C=O) groups excluding carboxylic acids is 1. The van der Waals surface area contributed by atoms with Gasteiger partial charge in [0.15, 0.2) is 11.0 Å². The molecule has 2 aromatic carbocycles. The normalized spacial score (nSPS) is 11.1. The zero-order chi connectivity index (χ0) is 20.8. The lowest BCUT2D eigenvalue weighted by atomic mass is 10.2. The van der Waals surface area contributed by atoms with Crippen LogP contribution in [0.25, 0.3) is 11.4 Å². The molecule has 0 spiro atoms. The summed E-state index contributed by atoms with van der Waals surface area (Å²) in [6.07, 6.45) is 0.183. The Morgan fingerprint density at radius 2 is 1.76 bits per heavy atom. The van der Waals surface area contributed by atoms with Crippen molar-refractivity contribution in [3.63, 3.8) is 0 Å². The van der Waals surface area contributed by atoms with Gasteiger partial charge in [-0.05, 0) is 30.2 Å². The molecule has 0 radical (unpaired) electrons. The Hall–Kier alpha value is -2.74. The molecule has 152 valence electrons. The van der Waals surface area contributed by atoms with Crippen LogP contribution in [0.4, 0.5) is 14.5 Å². The Kier molecular flexibility index (Phi) is 6.98. The van der Waals surface area contributed by atoms with Crippen molar-refractivity contribution < 1.29 is 13.6 Å². The van der Waals surface area contributed by atoms with E-state index in [9.17, 15) is 13.6 Å². The minimum atomic E-state index is -0.472. The fourth-order valence-electron chi connectivity index (χ4n) is 2.78. The van der Waals surface area contributed by atoms with Crippen molar-refractivity contribution in [1.29, 1.82) is 0 Å². The fourth-order valence-corrected chi connectivity index (χ4v) is 3.66. The summed E-state index contributed by atoms with van der Waals surface area (Å²) in [6, 6.07) is 12.5. The van der Waals surface area contributed by atoms with Gasteiger partial charge in [0.2, 0.25) is 5.91 Å². The van der Waals surface area contributed by atoms with E-state index in [2.05, 4.69) is 29.4 Å². The van der Waals surface area contributed by atoms with Crippen molar-refractivity contribution >= 4 is 23.4 Å². The molecule has 0 aliphatic carbocycles. The fraction of sp³-hybridized carbons (Fsp3) is 0.286. The number of nitrogens with one attached hydrogen (secondary N) is 1. The summed E-state index contributed by atoms with van der Waals surface area (Å²) in [5.74, 6) is 0.0981. The Bertz CT molecular complexity index is 990. The predicted octanol–water partition coefficient (Wildman–Crippen LogP) is 5.00. The van der Waals surface area contributed by atoms with E-state index in [4.69, 9.17) is 0 Å². The zero-order valence-corrected chi connectivity index (χ0v) is 17.0. The van der Waals surface area contributed by atoms with Gasteiger partial charge in [0.25, 0.3) is 0 Å². The maximum Gasteiger partial charge on any atom is 0.225 e. The van der Waals surface area contributed by atoms with Gasteiger partial charge in [-0.3, -0.25) is 4.79 Å². The summed E-state index contributed by atoms with van der Waals surface area (Å²) in [5, 5.41) is 11.6. The molecule has 0 fully saturated rings. The van der Waals surface area contributed by atoms with Crippen LogP contribution in [-0.4, -0.2) is 26.4 Å². The SMILES string of the molecule is CC(C)Cn1c(SCCC(=O)Nc2ccccc2F)nnc1-c1ccccc1F. The first kappa shape index (κ1) is 21.0. The van der Waals surface area contributed by atoms with Gasteiger partial charge in [0.1, 0.15) is 11.6 Å². The summed E-state index contributed by atoms with van der Waals surface area (Å²) >= 11 is 1.37. The molecule has 0 saturated heterocycles. The number of aromatic nitrogens is 3. The monoisotopic (exact) mass is 416 g/mol. The Morgan fingerprint density at radius 3 is 2.45 bits per heavy atom. The van der Waals surface area contributed by atoms with Crippen LogP contribution in [0.2, 0.25) is 0 Å². The van der Waals surface area contributed by atoms with E-state index < -0.39 is 5.82 Å². The lowest BCUT2D eigenvalue weighted by Gasteiger charge is -2.13. The average molecular weight is 416 g/mol. The van der Waals surface area contributed by atoms with Crippen LogP contribution < -0.4 is 5.32 Å². The molecule has 0 bridgehead atoms. The number of hydrogen-bond donors (Lipinski definition) is 1. The number of para-hydroxylation sites is 1. The average Bonchev–Trinajstić information content (AvgIpc) is 3.06. The number of benzene rings is 2. The van der Waals surface area contributed by atoms with Gasteiger partial charge < -0.3 is 9.88 Å². The van der Waals surface area contributed by atoms with Crippen LogP contribution >= 0.6 is 11.8 Å². The minimum Gasteiger partial charge on any atom is -0.324 e. The predicted molar refractivity (Wildman–Crippen MR) is 111 cm³/mol. The van der Waals surface area contributed by atoms with E-state index in [0.29, 0.717) is 34.8 Å². The molecule has 3 aromatic rings. The van der Waals surface area contributed by atoms with Crippen LogP contribution in [0.3, 0.4) is 0 Å². The zero-order valence-electron chi connectivity index (χ0n) is 16.2. The molecular weight excluding hydrogens is 394 g/mol. The molecule has 8 heteroatoms. The number of hydrogen-bond acceptors (Lipinski definition) is 4. The van der Waals surface area contributed by atoms with Gasteiger partial charge in [-0.15, -0.1) is 10.2 Å². The van der Waals surface area contributed by atoms with E-state index >= 15 is 0 Å². The van der Waals surface area contributed by atoms with E-state index in [1.165, 1.54) is 30.0 Å². The highest BCUT2D eigenvalue weighted by Gasteiger charge is 2.18. The quantitative estimate of drug-likeness (QED) is 0.525. The first-order valence-electron chi connectivity index (χ1n) is 9.31. The lowest BCUT2D eigenvalue weighted by molar-refractivity contribution is -0.115. The summed E-state index contributed by atoms with van der Waals surface area (Å²) in [7, 11) is 0. The highest BCUT2D eigenvalue weighted by Crippen LogP contribution is 2.27. The topological polar surface area (TPSA) is 59.8 Å². The lowest BCUT2D eigenvalue weighted by Crippen LogP contribution is -2.13. The van der Waals surface area contributed by atoms with Crippen molar-refractivity contribution in [3.8, 4) is 11.4 Å². The first-order chi connectivity index (χ1) is 14.0. The number of halogens is 2. The third-order valence-electron chi connectivity index (χ3n) is 4.09. The van der Waals surface area contributed by atoms with Gasteiger partial charge in [0.05, 0.1) is 11.3 Å². The Morgan fingerprint density at radius 1 is 1.07 bits per heavy atom. The third kappa shape index (κ3) is 5.41. The summed E-state index contributed by atoms with van der Waals surface area (Å²) < 4.78 is 29.7. The Labute approximate surface area is 172 Å². The molecule has 0 saturated carbocycles. The van der Waals surface area contributed by atoms with E-state index in [1.54, 1.807) is 30.3 Å². The number of nitrogens with zero attached hydrogens (tertiary/aromatic N) is 3. The summed E-state index contributed by atoms with van der Waals surface area (Å²) in [5.41, 5.74) is 0.553. The van der Waals surface area contributed by atoms with E-state index in [-0.39, 0.29) is 23.8 Å². The molecule has 0 atom stereocenters. The molecule has 5 nitrogen and oxygen atoms in total. The number of anilines is 1. The van der Waals surface area contributed by atoms with Crippen molar-refractivity contribution in [2.45, 2.75) is 32.0 Å². The summed E-state index contributed by atoms with van der Waals surface area (Å²) in [4.78, 5) is 12.1. The van der Waals surface area contributed by atoms with Gasteiger partial charge in [-0.1, -0.05) is 49.9 Å². The standard InChI is InChI=1S/C21H22F2N4OS/c1-14(2)13-27-20(15-7-3-4-8-16(15)22)25-26-21(27)29-12-11-19(28)24-18-10-6-5-9-17(18)23/h3-10,14H,11-13H2,1-2H3,(H,24,28). The van der Waals surface area contributed by atoms with Crippen LogP contribution in [0.5, 0.6) is 0 Å². The maximum absolute atomic E-state index is 14.2. The molecule has 29 heavy (non-hydrogen) atoms. The Balaban J connectivity index is 1.68. The minimum absolute atomic E-state index is 0.160. The molecule has 1 heterocycles. The van der Waals surface area contributed by atoms with Crippen LogP contribution in [-0.2, 0) is 11.3 Å². The van der Waals surface area contributed by atoms with Crippen LogP contribution in [0.1, 0.15) is 20.3 Å². The van der Waals surface area contributed by atoms with Crippen molar-refractivity contribution in [1.82, 2.24) is 14.8 Å². The molecule has 0 aliphatic rings. The van der Waals surface area contributed by atoms with Gasteiger partial charge in [-0.2, -0.15) is 0 Å². The molecule has 0 aliphatic heterocycles. The van der Waals surface area contributed by atoms with Crippen LogP contribution in [0, 0.1) is 17.6 Å². The molecule has 1 N–H and O–H groups in total. The molecule has 3 rings (SSSR count). The van der Waals surface area contributed by atoms with Crippen molar-refractivity contribution in [2.24, 2.45) is 5.92 Å². The van der Waals surface area contributed by atoms with Gasteiger partial charge in [0, 0.05) is 18.7 Å². The van der Waals surface area contributed by atoms with E-state index in [0.717, 1.165) is 0 Å². The van der Waals surface area contributed by atoms with E-state index in [1.807, 2.05) is 4.57 Å². The molecule has 0 unspecified atom stereocenters. The molecular formula is C21H22F2N4OS. The second-order valence-electron chi connectivity index (χ2n) is 6.92. The van der Waals surface area contributed by atoms with Crippen LogP contribution in [0.15, 0.2) is 53.7 Å².